The van der Waals surface area contributed by atoms with Crippen LogP contribution in [0, 0.1) is 0 Å². The van der Waals surface area contributed by atoms with E-state index in [1.165, 1.54) is 0 Å². The Kier molecular flexibility index (Phi) is 5.33. The number of carbonyl (C=O) groups is 2. The highest BCUT2D eigenvalue weighted by Gasteiger charge is 2.17. The van der Waals surface area contributed by atoms with E-state index < -0.39 is 5.91 Å². The molecule has 0 bridgehead atoms. The van der Waals surface area contributed by atoms with E-state index in [2.05, 4.69) is 22.8 Å². The maximum absolute atomic E-state index is 12.5. The van der Waals surface area contributed by atoms with Crippen molar-refractivity contribution in [2.45, 2.75) is 32.7 Å². The zero-order valence-electron chi connectivity index (χ0n) is 16.1. The van der Waals surface area contributed by atoms with Gasteiger partial charge in [0.2, 0.25) is 6.79 Å². The topological polar surface area (TPSA) is 94.5 Å². The number of rotatable bonds is 6. The van der Waals surface area contributed by atoms with Crippen LogP contribution in [0.15, 0.2) is 42.5 Å². The van der Waals surface area contributed by atoms with Gasteiger partial charge in [0, 0.05) is 12.0 Å². The highest BCUT2D eigenvalue weighted by atomic mass is 16.7. The molecule has 3 aromatic rings. The third kappa shape index (κ3) is 4.01. The van der Waals surface area contributed by atoms with Crippen LogP contribution in [0.4, 0.5) is 0 Å². The maximum Gasteiger partial charge on any atom is 0.269 e. The molecule has 150 valence electrons. The second-order valence-electron chi connectivity index (χ2n) is 6.78. The maximum atomic E-state index is 12.5. The van der Waals surface area contributed by atoms with Gasteiger partial charge in [0.15, 0.2) is 11.5 Å². The van der Waals surface area contributed by atoms with E-state index in [4.69, 9.17) is 9.47 Å². The molecule has 8 heteroatoms. The van der Waals surface area contributed by atoms with Gasteiger partial charge in [-0.05, 0) is 36.8 Å². The van der Waals surface area contributed by atoms with Crippen molar-refractivity contribution >= 4 is 22.8 Å². The number of benzene rings is 2. The quantitative estimate of drug-likeness (QED) is 0.627. The van der Waals surface area contributed by atoms with Gasteiger partial charge < -0.3 is 14.0 Å². The number of carbonyl (C=O) groups excluding carboxylic acids is 2. The molecule has 0 atom stereocenters. The molecule has 0 aliphatic carbocycles. The number of amides is 2. The van der Waals surface area contributed by atoms with Gasteiger partial charge in [0.05, 0.1) is 11.0 Å². The molecule has 2 N–H and O–H groups in total. The Balaban J connectivity index is 1.42. The molecule has 4 rings (SSSR count). The van der Waals surface area contributed by atoms with E-state index >= 15 is 0 Å². The highest BCUT2D eigenvalue weighted by molar-refractivity contribution is 5.96. The monoisotopic (exact) mass is 394 g/mol. The number of para-hydroxylation sites is 2. The van der Waals surface area contributed by atoms with Crippen LogP contribution < -0.4 is 20.3 Å². The van der Waals surface area contributed by atoms with Gasteiger partial charge in [0.25, 0.3) is 11.8 Å². The van der Waals surface area contributed by atoms with Crippen LogP contribution in [0.3, 0.4) is 0 Å². The number of aryl methyl sites for hydroxylation is 1. The number of fused-ring (bicyclic) bond motifs is 2. The number of hydrazine groups is 1. The lowest BCUT2D eigenvalue weighted by molar-refractivity contribution is -0.122. The van der Waals surface area contributed by atoms with Crippen LogP contribution >= 0.6 is 0 Å². The molecule has 0 unspecified atom stereocenters. The Morgan fingerprint density at radius 1 is 1.10 bits per heavy atom. The fourth-order valence-corrected chi connectivity index (χ4v) is 3.25. The minimum Gasteiger partial charge on any atom is -0.454 e. The predicted octanol–water partition coefficient (Wildman–Crippen LogP) is 2.57. The van der Waals surface area contributed by atoms with E-state index in [9.17, 15) is 9.59 Å². The normalized spacial score (nSPS) is 12.2. The van der Waals surface area contributed by atoms with Gasteiger partial charge in [-0.25, -0.2) is 4.98 Å². The summed E-state index contributed by atoms with van der Waals surface area (Å²) in [6.07, 6.45) is 2.83. The van der Waals surface area contributed by atoms with Crippen LogP contribution in [0.25, 0.3) is 11.0 Å². The summed E-state index contributed by atoms with van der Waals surface area (Å²) in [7, 11) is 0. The highest BCUT2D eigenvalue weighted by Crippen LogP contribution is 2.32. The fraction of sp³-hybridized carbons (Fsp3) is 0.286. The van der Waals surface area contributed by atoms with Crippen molar-refractivity contribution < 1.29 is 19.1 Å². The predicted molar refractivity (Wildman–Crippen MR) is 107 cm³/mol. The molecule has 0 radical (unpaired) electrons. The van der Waals surface area contributed by atoms with Crippen molar-refractivity contribution in [3.05, 3.63) is 53.9 Å². The molecule has 1 aliphatic rings. The average molecular weight is 394 g/mol. The SMILES string of the molecule is CCCCc1nc2ccccc2n1CC(=O)NNC(=O)c1ccc2c(c1)OCO2. The molecule has 0 saturated carbocycles. The molecule has 1 aromatic heterocycles. The number of nitrogens with one attached hydrogen (secondary N) is 2. The van der Waals surface area contributed by atoms with Crippen molar-refractivity contribution in [1.29, 1.82) is 0 Å². The van der Waals surface area contributed by atoms with Gasteiger partial charge in [-0.1, -0.05) is 25.5 Å². The van der Waals surface area contributed by atoms with Crippen LogP contribution in [-0.4, -0.2) is 28.2 Å². The Morgan fingerprint density at radius 3 is 2.79 bits per heavy atom. The zero-order valence-corrected chi connectivity index (χ0v) is 16.1. The summed E-state index contributed by atoms with van der Waals surface area (Å²) < 4.78 is 12.4. The van der Waals surface area contributed by atoms with Crippen molar-refractivity contribution in [2.24, 2.45) is 0 Å². The Hall–Kier alpha value is -3.55. The second-order valence-corrected chi connectivity index (χ2v) is 6.78. The van der Waals surface area contributed by atoms with Gasteiger partial charge in [-0.2, -0.15) is 0 Å². The lowest BCUT2D eigenvalue weighted by Gasteiger charge is -2.11. The van der Waals surface area contributed by atoms with Crippen LogP contribution in [-0.2, 0) is 17.8 Å². The molecule has 29 heavy (non-hydrogen) atoms. The molecule has 0 saturated heterocycles. The Morgan fingerprint density at radius 2 is 1.93 bits per heavy atom. The number of nitrogens with zero attached hydrogens (tertiary/aromatic N) is 2. The summed E-state index contributed by atoms with van der Waals surface area (Å²) in [5.74, 6) is 1.20. The summed E-state index contributed by atoms with van der Waals surface area (Å²) in [5, 5.41) is 0. The number of unbranched alkanes of at least 4 members (excludes halogenated alkanes) is 1. The first-order valence-electron chi connectivity index (χ1n) is 9.58. The summed E-state index contributed by atoms with van der Waals surface area (Å²) in [6.45, 7) is 2.32. The third-order valence-electron chi connectivity index (χ3n) is 4.74. The molecular formula is C21H22N4O4. The van der Waals surface area contributed by atoms with Crippen LogP contribution in [0.2, 0.25) is 0 Å². The fourth-order valence-electron chi connectivity index (χ4n) is 3.25. The van der Waals surface area contributed by atoms with Gasteiger partial charge >= 0.3 is 0 Å². The number of hydrogen-bond donors (Lipinski definition) is 2. The first-order valence-corrected chi connectivity index (χ1v) is 9.58. The molecule has 2 aromatic carbocycles. The summed E-state index contributed by atoms with van der Waals surface area (Å²) >= 11 is 0. The number of aromatic nitrogens is 2. The number of ether oxygens (including phenoxy) is 2. The zero-order chi connectivity index (χ0) is 20.2. The van der Waals surface area contributed by atoms with Crippen LogP contribution in [0.1, 0.15) is 35.9 Å². The van der Waals surface area contributed by atoms with Crippen molar-refractivity contribution in [2.75, 3.05) is 6.79 Å². The molecule has 2 amide bonds. The average Bonchev–Trinajstić information content (AvgIpc) is 3.34. The lowest BCUT2D eigenvalue weighted by atomic mass is 10.2. The first kappa shape index (κ1) is 18.8. The molecular weight excluding hydrogens is 372 g/mol. The molecule has 0 spiro atoms. The Bertz CT molecular complexity index is 1060. The molecule has 0 fully saturated rings. The first-order chi connectivity index (χ1) is 14.2. The molecule has 2 heterocycles. The van der Waals surface area contributed by atoms with Crippen molar-refractivity contribution in [1.82, 2.24) is 20.4 Å². The van der Waals surface area contributed by atoms with E-state index in [-0.39, 0.29) is 19.2 Å². The Labute approximate surface area is 167 Å². The van der Waals surface area contributed by atoms with Gasteiger partial charge in [-0.3, -0.25) is 20.4 Å². The van der Waals surface area contributed by atoms with Crippen molar-refractivity contribution in [3.8, 4) is 11.5 Å². The smallest absolute Gasteiger partial charge is 0.269 e. The largest absolute Gasteiger partial charge is 0.454 e. The van der Waals surface area contributed by atoms with E-state index in [0.29, 0.717) is 17.1 Å². The second kappa shape index (κ2) is 8.22. The standard InChI is InChI=1S/C21H22N4O4/c1-2-3-8-19-22-15-6-4-5-7-16(15)25(19)12-20(26)23-24-21(27)14-9-10-17-18(11-14)29-13-28-17/h4-7,9-11H,2-3,8,12-13H2,1H3,(H,23,26)(H,24,27). The van der Waals surface area contributed by atoms with E-state index in [1.807, 2.05) is 28.8 Å². The minimum absolute atomic E-state index is 0.0704. The van der Waals surface area contributed by atoms with E-state index in [0.717, 1.165) is 36.1 Å². The summed E-state index contributed by atoms with van der Waals surface area (Å²) in [5.41, 5.74) is 7.04. The van der Waals surface area contributed by atoms with Crippen LogP contribution in [0.5, 0.6) is 11.5 Å². The minimum atomic E-state index is -0.432. The van der Waals surface area contributed by atoms with E-state index in [1.54, 1.807) is 18.2 Å². The third-order valence-corrected chi connectivity index (χ3v) is 4.74. The van der Waals surface area contributed by atoms with Gasteiger partial charge in [-0.15, -0.1) is 0 Å². The lowest BCUT2D eigenvalue weighted by Crippen LogP contribution is -2.43. The molecule has 8 nitrogen and oxygen atoms in total. The number of hydrogen-bond acceptors (Lipinski definition) is 5. The summed E-state index contributed by atoms with van der Waals surface area (Å²) in [6, 6.07) is 12.6. The molecule has 1 aliphatic heterocycles. The summed E-state index contributed by atoms with van der Waals surface area (Å²) in [4.78, 5) is 29.5. The number of imidazole rings is 1. The van der Waals surface area contributed by atoms with Gasteiger partial charge in [0.1, 0.15) is 12.4 Å². The van der Waals surface area contributed by atoms with Crippen molar-refractivity contribution in [3.63, 3.8) is 0 Å².